The number of nitriles is 1. The Morgan fingerprint density at radius 3 is 2.84 bits per heavy atom. The summed E-state index contributed by atoms with van der Waals surface area (Å²) in [6, 6.07) is 13.8. The van der Waals surface area contributed by atoms with Crippen LogP contribution in [-0.4, -0.2) is 30.6 Å². The summed E-state index contributed by atoms with van der Waals surface area (Å²) in [4.78, 5) is 31.0. The molecule has 8 heteroatoms. The monoisotopic (exact) mass is 517 g/mol. The van der Waals surface area contributed by atoms with Crippen molar-refractivity contribution in [3.63, 3.8) is 0 Å². The van der Waals surface area contributed by atoms with E-state index in [0.717, 1.165) is 51.5 Å². The van der Waals surface area contributed by atoms with Gasteiger partial charge in [0.15, 0.2) is 0 Å². The lowest BCUT2D eigenvalue weighted by molar-refractivity contribution is -0.118. The Kier molecular flexibility index (Phi) is 8.91. The normalized spacial score (nSPS) is 15.2. The van der Waals surface area contributed by atoms with Crippen LogP contribution in [0.3, 0.4) is 0 Å². The second kappa shape index (κ2) is 12.5. The van der Waals surface area contributed by atoms with Crippen molar-refractivity contribution in [3.05, 3.63) is 80.8 Å². The molecular weight excluding hydrogens is 486 g/mol. The van der Waals surface area contributed by atoms with Crippen molar-refractivity contribution in [1.29, 1.82) is 5.26 Å². The molecular formula is C29H31N3O4S. The maximum atomic E-state index is 12.9. The number of alkyl carbamates (subject to hydrolysis) is 1. The molecule has 0 radical (unpaired) electrons. The van der Waals surface area contributed by atoms with Gasteiger partial charge in [0, 0.05) is 41.5 Å². The number of hydrogen-bond acceptors (Lipinski definition) is 7. The van der Waals surface area contributed by atoms with Crippen molar-refractivity contribution in [2.24, 2.45) is 5.92 Å². The molecule has 1 N–H and O–H groups in total. The second-order valence-corrected chi connectivity index (χ2v) is 10.6. The Balaban J connectivity index is 1.31. The Hall–Kier alpha value is -3.70. The minimum absolute atomic E-state index is 0.0638. The van der Waals surface area contributed by atoms with Crippen LogP contribution in [-0.2, 0) is 35.3 Å². The number of pyridine rings is 1. The SMILES string of the molecule is COc1cccc(C(C)CC(=O)Cc2sc3c(c2C#N)CCC(COC(=O)NCc2ccncc2)C3)c1. The standard InChI is InChI=1S/C29H31N3O4S/c1-19(22-4-3-5-24(14-22)35-2)12-23(33)15-28-26(16-30)25-7-6-21(13-27(25)37-28)18-36-29(34)32-17-20-8-10-31-11-9-20/h3-5,8-11,14,19,21H,6-7,12-13,15,17-18H2,1-2H3,(H,32,34). The Morgan fingerprint density at radius 1 is 1.27 bits per heavy atom. The van der Waals surface area contributed by atoms with Crippen LogP contribution in [0.2, 0.25) is 0 Å². The summed E-state index contributed by atoms with van der Waals surface area (Å²) in [7, 11) is 1.63. The number of thiophene rings is 1. The van der Waals surface area contributed by atoms with Gasteiger partial charge in [0.2, 0.25) is 0 Å². The Labute approximate surface area is 221 Å². The minimum Gasteiger partial charge on any atom is -0.497 e. The van der Waals surface area contributed by atoms with E-state index in [9.17, 15) is 14.9 Å². The van der Waals surface area contributed by atoms with E-state index in [2.05, 4.69) is 16.4 Å². The number of ketones is 1. The van der Waals surface area contributed by atoms with Gasteiger partial charge < -0.3 is 14.8 Å². The molecule has 2 atom stereocenters. The zero-order valence-electron chi connectivity index (χ0n) is 21.2. The Bertz CT molecular complexity index is 1280. The van der Waals surface area contributed by atoms with Crippen molar-refractivity contribution in [2.45, 2.75) is 51.5 Å². The summed E-state index contributed by atoms with van der Waals surface area (Å²) in [6.07, 6.45) is 5.96. The van der Waals surface area contributed by atoms with Crippen LogP contribution < -0.4 is 10.1 Å². The fourth-order valence-corrected chi connectivity index (χ4v) is 6.13. The van der Waals surface area contributed by atoms with E-state index >= 15 is 0 Å². The molecule has 0 saturated carbocycles. The number of Topliss-reactive ketones (excluding diaryl/α,β-unsaturated/α-hetero) is 1. The third kappa shape index (κ3) is 6.95. The Morgan fingerprint density at radius 2 is 2.08 bits per heavy atom. The molecule has 1 aliphatic rings. The average Bonchev–Trinajstić information content (AvgIpc) is 3.27. The second-order valence-electron chi connectivity index (χ2n) is 9.43. The van der Waals surface area contributed by atoms with Gasteiger partial charge in [-0.1, -0.05) is 19.1 Å². The molecule has 7 nitrogen and oxygen atoms in total. The summed E-state index contributed by atoms with van der Waals surface area (Å²) in [5.74, 6) is 1.16. The van der Waals surface area contributed by atoms with Crippen LogP contribution >= 0.6 is 11.3 Å². The van der Waals surface area contributed by atoms with Gasteiger partial charge in [-0.15, -0.1) is 11.3 Å². The summed E-state index contributed by atoms with van der Waals surface area (Å²) in [5.41, 5.74) is 3.74. The van der Waals surface area contributed by atoms with Gasteiger partial charge in [-0.05, 0) is 72.1 Å². The molecule has 0 spiro atoms. The molecule has 4 rings (SSSR count). The molecule has 3 aromatic rings. The first kappa shape index (κ1) is 26.4. The fraction of sp³-hybridized carbons (Fsp3) is 0.379. The van der Waals surface area contributed by atoms with Gasteiger partial charge in [-0.2, -0.15) is 5.26 Å². The van der Waals surface area contributed by atoms with E-state index in [4.69, 9.17) is 9.47 Å². The molecule has 1 amide bonds. The zero-order valence-corrected chi connectivity index (χ0v) is 22.0. The van der Waals surface area contributed by atoms with Crippen molar-refractivity contribution in [3.8, 4) is 11.8 Å². The lowest BCUT2D eigenvalue weighted by Gasteiger charge is -2.22. The van der Waals surface area contributed by atoms with E-state index in [1.165, 1.54) is 0 Å². The molecule has 2 aromatic heterocycles. The highest BCUT2D eigenvalue weighted by atomic mass is 32.1. The number of aromatic nitrogens is 1. The number of rotatable bonds is 10. The third-order valence-electron chi connectivity index (χ3n) is 6.74. The van der Waals surface area contributed by atoms with Crippen molar-refractivity contribution < 1.29 is 19.1 Å². The molecule has 1 aliphatic carbocycles. The third-order valence-corrected chi connectivity index (χ3v) is 8.00. The van der Waals surface area contributed by atoms with Crippen LogP contribution in [0.25, 0.3) is 0 Å². The highest BCUT2D eigenvalue weighted by molar-refractivity contribution is 7.12. The lowest BCUT2D eigenvalue weighted by atomic mass is 9.87. The highest BCUT2D eigenvalue weighted by Crippen LogP contribution is 2.37. The molecule has 37 heavy (non-hydrogen) atoms. The topological polar surface area (TPSA) is 101 Å². The fourth-order valence-electron chi connectivity index (χ4n) is 4.69. The first-order valence-corrected chi connectivity index (χ1v) is 13.3. The van der Waals surface area contributed by atoms with E-state index in [1.54, 1.807) is 30.8 Å². The number of ether oxygens (including phenoxy) is 2. The van der Waals surface area contributed by atoms with Gasteiger partial charge in [-0.25, -0.2) is 4.79 Å². The number of carbonyl (C=O) groups excluding carboxylic acids is 2. The number of fused-ring (bicyclic) bond motifs is 1. The maximum absolute atomic E-state index is 12.9. The molecule has 1 aromatic carbocycles. The van der Waals surface area contributed by atoms with Crippen molar-refractivity contribution in [1.82, 2.24) is 10.3 Å². The van der Waals surface area contributed by atoms with Crippen LogP contribution in [0.4, 0.5) is 4.79 Å². The maximum Gasteiger partial charge on any atom is 0.407 e. The first-order valence-electron chi connectivity index (χ1n) is 12.5. The summed E-state index contributed by atoms with van der Waals surface area (Å²) in [6.45, 7) is 2.75. The van der Waals surface area contributed by atoms with Crippen LogP contribution in [0, 0.1) is 17.2 Å². The summed E-state index contributed by atoms with van der Waals surface area (Å²) >= 11 is 1.56. The summed E-state index contributed by atoms with van der Waals surface area (Å²) in [5, 5.41) is 12.6. The number of nitrogens with one attached hydrogen (secondary N) is 1. The highest BCUT2D eigenvalue weighted by Gasteiger charge is 2.27. The zero-order chi connectivity index (χ0) is 26.2. The van der Waals surface area contributed by atoms with Gasteiger partial charge in [0.25, 0.3) is 0 Å². The van der Waals surface area contributed by atoms with Crippen LogP contribution in [0.1, 0.15) is 57.7 Å². The summed E-state index contributed by atoms with van der Waals surface area (Å²) < 4.78 is 10.8. The number of carbonyl (C=O) groups is 2. The number of hydrogen-bond donors (Lipinski definition) is 1. The van der Waals surface area contributed by atoms with Crippen molar-refractivity contribution in [2.75, 3.05) is 13.7 Å². The van der Waals surface area contributed by atoms with E-state index in [0.29, 0.717) is 25.1 Å². The van der Waals surface area contributed by atoms with Crippen LogP contribution in [0.15, 0.2) is 48.8 Å². The molecule has 2 heterocycles. The molecule has 0 aliphatic heterocycles. The predicted molar refractivity (Wildman–Crippen MR) is 142 cm³/mol. The van der Waals surface area contributed by atoms with Crippen molar-refractivity contribution >= 4 is 23.2 Å². The number of methoxy groups -OCH3 is 1. The van der Waals surface area contributed by atoms with Gasteiger partial charge in [0.1, 0.15) is 17.6 Å². The first-order chi connectivity index (χ1) is 18.0. The van der Waals surface area contributed by atoms with E-state index < -0.39 is 6.09 Å². The molecule has 2 unspecified atom stereocenters. The van der Waals surface area contributed by atoms with Gasteiger partial charge >= 0.3 is 6.09 Å². The average molecular weight is 518 g/mol. The smallest absolute Gasteiger partial charge is 0.407 e. The number of amides is 1. The number of benzene rings is 1. The van der Waals surface area contributed by atoms with Gasteiger partial charge in [-0.3, -0.25) is 9.78 Å². The molecule has 192 valence electrons. The predicted octanol–water partition coefficient (Wildman–Crippen LogP) is 5.36. The van der Waals surface area contributed by atoms with E-state index in [1.807, 2.05) is 43.3 Å². The quantitative estimate of drug-likeness (QED) is 0.389. The van der Waals surface area contributed by atoms with E-state index in [-0.39, 0.29) is 24.0 Å². The lowest BCUT2D eigenvalue weighted by Crippen LogP contribution is -2.27. The number of nitrogens with zero attached hydrogens (tertiary/aromatic N) is 2. The van der Waals surface area contributed by atoms with Crippen LogP contribution in [0.5, 0.6) is 5.75 Å². The van der Waals surface area contributed by atoms with Gasteiger partial charge in [0.05, 0.1) is 19.3 Å². The molecule has 0 saturated heterocycles. The molecule has 0 fully saturated rings. The molecule has 0 bridgehead atoms. The largest absolute Gasteiger partial charge is 0.497 e. The minimum atomic E-state index is -0.442.